The van der Waals surface area contributed by atoms with Gasteiger partial charge in [0.2, 0.25) is 17.7 Å². The molecule has 1 aliphatic heterocycles. The lowest BCUT2D eigenvalue weighted by Gasteiger charge is -2.33. The van der Waals surface area contributed by atoms with Crippen molar-refractivity contribution < 1.29 is 18.8 Å². The number of anilines is 1. The molecule has 9 nitrogen and oxygen atoms in total. The lowest BCUT2D eigenvalue weighted by molar-refractivity contribution is -0.131. The number of hydrogen-bond acceptors (Lipinski definition) is 5. The summed E-state index contributed by atoms with van der Waals surface area (Å²) in [5, 5.41) is 12.6. The van der Waals surface area contributed by atoms with Crippen molar-refractivity contribution in [1.29, 1.82) is 0 Å². The van der Waals surface area contributed by atoms with Crippen LogP contribution in [0.15, 0.2) is 30.3 Å². The second kappa shape index (κ2) is 10.1. The standard InChI is InChI=1S/C21H27FN6O3/c1-13-9-19(27-26-13)28-7-5-16(6-8-28)24-21(31)17(12-18(23)29)25-20(30)11-14-3-2-4-15(22)10-14/h2-4,9-10,16-17H,5-8,11-12H2,1H3,(H2,23,29)(H,24,31)(H,25,30)(H,26,27). The number of nitrogens with two attached hydrogens (primary N) is 1. The Labute approximate surface area is 179 Å². The number of hydrogen-bond donors (Lipinski definition) is 4. The number of H-pyrrole nitrogens is 1. The molecule has 1 atom stereocenters. The molecule has 3 amide bonds. The molecule has 1 unspecified atom stereocenters. The Hall–Kier alpha value is -3.43. The molecule has 1 aromatic heterocycles. The molecule has 0 bridgehead atoms. The Morgan fingerprint density at radius 2 is 2.03 bits per heavy atom. The average molecular weight is 430 g/mol. The molecule has 0 saturated carbocycles. The van der Waals surface area contributed by atoms with Crippen LogP contribution in [0.1, 0.15) is 30.5 Å². The maximum absolute atomic E-state index is 13.3. The van der Waals surface area contributed by atoms with Gasteiger partial charge in [0.05, 0.1) is 12.8 Å². The first-order valence-corrected chi connectivity index (χ1v) is 10.2. The number of primary amides is 1. The van der Waals surface area contributed by atoms with Crippen LogP contribution in [0.2, 0.25) is 0 Å². The van der Waals surface area contributed by atoms with Crippen LogP contribution in [0.3, 0.4) is 0 Å². The quantitative estimate of drug-likeness (QED) is 0.485. The highest BCUT2D eigenvalue weighted by Gasteiger charge is 2.27. The third-order valence-electron chi connectivity index (χ3n) is 5.17. The predicted molar refractivity (Wildman–Crippen MR) is 113 cm³/mol. The van der Waals surface area contributed by atoms with E-state index in [9.17, 15) is 18.8 Å². The number of carbonyl (C=O) groups is 3. The third kappa shape index (κ3) is 6.53. The van der Waals surface area contributed by atoms with E-state index in [1.54, 1.807) is 6.07 Å². The van der Waals surface area contributed by atoms with E-state index >= 15 is 0 Å². The fraction of sp³-hybridized carbons (Fsp3) is 0.429. The van der Waals surface area contributed by atoms with Gasteiger partial charge in [0.25, 0.3) is 0 Å². The Bertz CT molecular complexity index is 939. The number of benzene rings is 1. The smallest absolute Gasteiger partial charge is 0.243 e. The Kier molecular flexibility index (Phi) is 7.22. The second-order valence-electron chi connectivity index (χ2n) is 7.78. The summed E-state index contributed by atoms with van der Waals surface area (Å²) in [6.45, 7) is 3.38. The maximum atomic E-state index is 13.3. The fourth-order valence-corrected chi connectivity index (χ4v) is 3.61. The molecule has 0 radical (unpaired) electrons. The predicted octanol–water partition coefficient (Wildman–Crippen LogP) is 0.545. The monoisotopic (exact) mass is 430 g/mol. The van der Waals surface area contributed by atoms with Gasteiger partial charge < -0.3 is 21.3 Å². The molecule has 1 aromatic carbocycles. The number of aryl methyl sites for hydroxylation is 1. The molecular weight excluding hydrogens is 403 g/mol. The van der Waals surface area contributed by atoms with Crippen LogP contribution in [-0.4, -0.2) is 53.1 Å². The molecule has 1 saturated heterocycles. The van der Waals surface area contributed by atoms with E-state index in [1.165, 1.54) is 18.2 Å². The van der Waals surface area contributed by atoms with Crippen molar-refractivity contribution >= 4 is 23.5 Å². The van der Waals surface area contributed by atoms with Gasteiger partial charge in [-0.25, -0.2) is 4.39 Å². The van der Waals surface area contributed by atoms with Crippen LogP contribution >= 0.6 is 0 Å². The van der Waals surface area contributed by atoms with Gasteiger partial charge in [0.1, 0.15) is 11.9 Å². The molecule has 1 aliphatic rings. The molecule has 31 heavy (non-hydrogen) atoms. The summed E-state index contributed by atoms with van der Waals surface area (Å²) in [7, 11) is 0. The van der Waals surface area contributed by atoms with E-state index in [1.807, 2.05) is 13.0 Å². The van der Waals surface area contributed by atoms with E-state index in [2.05, 4.69) is 25.7 Å². The van der Waals surface area contributed by atoms with Crippen molar-refractivity contribution in [3.05, 3.63) is 47.4 Å². The molecular formula is C21H27FN6O3. The number of piperidine rings is 1. The summed E-state index contributed by atoms with van der Waals surface area (Å²) < 4.78 is 13.3. The average Bonchev–Trinajstić information content (AvgIpc) is 3.14. The molecule has 2 heterocycles. The number of nitrogens with zero attached hydrogens (tertiary/aromatic N) is 2. The largest absolute Gasteiger partial charge is 0.370 e. The SMILES string of the molecule is Cc1cc(N2CCC(NC(=O)C(CC(N)=O)NC(=O)Cc3cccc(F)c3)CC2)n[nH]1. The number of aromatic nitrogens is 2. The van der Waals surface area contributed by atoms with E-state index in [0.29, 0.717) is 18.4 Å². The third-order valence-corrected chi connectivity index (χ3v) is 5.17. The van der Waals surface area contributed by atoms with Gasteiger partial charge in [0, 0.05) is 30.9 Å². The van der Waals surface area contributed by atoms with Gasteiger partial charge in [-0.05, 0) is 37.5 Å². The summed E-state index contributed by atoms with van der Waals surface area (Å²) in [6, 6.07) is 6.45. The van der Waals surface area contributed by atoms with Crippen LogP contribution in [0.5, 0.6) is 0 Å². The summed E-state index contributed by atoms with van der Waals surface area (Å²) >= 11 is 0. The summed E-state index contributed by atoms with van der Waals surface area (Å²) in [5.74, 6) is -1.22. The molecule has 2 aromatic rings. The van der Waals surface area contributed by atoms with Crippen LogP contribution in [0.25, 0.3) is 0 Å². The zero-order chi connectivity index (χ0) is 22.4. The Balaban J connectivity index is 1.53. The zero-order valence-electron chi connectivity index (χ0n) is 17.4. The molecule has 5 N–H and O–H groups in total. The van der Waals surface area contributed by atoms with Crippen molar-refractivity contribution in [2.24, 2.45) is 5.73 Å². The van der Waals surface area contributed by atoms with Crippen LogP contribution < -0.4 is 21.3 Å². The van der Waals surface area contributed by atoms with Crippen LogP contribution in [-0.2, 0) is 20.8 Å². The molecule has 0 spiro atoms. The number of amides is 3. The lowest BCUT2D eigenvalue weighted by atomic mass is 10.0. The first-order chi connectivity index (χ1) is 14.8. The molecule has 0 aliphatic carbocycles. The maximum Gasteiger partial charge on any atom is 0.243 e. The number of aromatic amines is 1. The number of carbonyl (C=O) groups excluding carboxylic acids is 3. The molecule has 10 heteroatoms. The minimum atomic E-state index is -1.08. The van der Waals surface area contributed by atoms with E-state index in [0.717, 1.165) is 24.6 Å². The number of rotatable bonds is 8. The van der Waals surface area contributed by atoms with E-state index in [4.69, 9.17) is 5.73 Å². The van der Waals surface area contributed by atoms with Gasteiger partial charge >= 0.3 is 0 Å². The Morgan fingerprint density at radius 1 is 1.29 bits per heavy atom. The van der Waals surface area contributed by atoms with Crippen LogP contribution in [0.4, 0.5) is 10.2 Å². The van der Waals surface area contributed by atoms with E-state index < -0.39 is 29.6 Å². The lowest BCUT2D eigenvalue weighted by Crippen LogP contribution is -2.53. The van der Waals surface area contributed by atoms with Crippen LogP contribution in [0, 0.1) is 12.7 Å². The highest BCUT2D eigenvalue weighted by molar-refractivity contribution is 5.92. The zero-order valence-corrected chi connectivity index (χ0v) is 17.4. The van der Waals surface area contributed by atoms with Crippen molar-refractivity contribution in [3.8, 4) is 0 Å². The van der Waals surface area contributed by atoms with Crippen molar-refractivity contribution in [1.82, 2.24) is 20.8 Å². The normalized spacial score (nSPS) is 15.4. The van der Waals surface area contributed by atoms with Gasteiger partial charge in [-0.1, -0.05) is 12.1 Å². The highest BCUT2D eigenvalue weighted by atomic mass is 19.1. The van der Waals surface area contributed by atoms with Gasteiger partial charge in [-0.15, -0.1) is 0 Å². The minimum absolute atomic E-state index is 0.0840. The van der Waals surface area contributed by atoms with Crippen molar-refractivity contribution in [2.45, 2.75) is 44.7 Å². The summed E-state index contributed by atoms with van der Waals surface area (Å²) in [5.41, 5.74) is 6.71. The minimum Gasteiger partial charge on any atom is -0.370 e. The van der Waals surface area contributed by atoms with Gasteiger partial charge in [-0.3, -0.25) is 19.5 Å². The van der Waals surface area contributed by atoms with E-state index in [-0.39, 0.29) is 18.9 Å². The highest BCUT2D eigenvalue weighted by Crippen LogP contribution is 2.18. The number of halogens is 1. The van der Waals surface area contributed by atoms with Crippen molar-refractivity contribution in [3.63, 3.8) is 0 Å². The van der Waals surface area contributed by atoms with Crippen molar-refractivity contribution in [2.75, 3.05) is 18.0 Å². The molecule has 1 fully saturated rings. The summed E-state index contributed by atoms with van der Waals surface area (Å²) in [4.78, 5) is 38.6. The fourth-order valence-electron chi connectivity index (χ4n) is 3.61. The van der Waals surface area contributed by atoms with Gasteiger partial charge in [0.15, 0.2) is 5.82 Å². The second-order valence-corrected chi connectivity index (χ2v) is 7.78. The number of nitrogens with one attached hydrogen (secondary N) is 3. The summed E-state index contributed by atoms with van der Waals surface area (Å²) in [6.07, 6.45) is 0.990. The first kappa shape index (κ1) is 22.3. The molecule has 3 rings (SSSR count). The topological polar surface area (TPSA) is 133 Å². The Morgan fingerprint density at radius 3 is 2.65 bits per heavy atom. The molecule has 166 valence electrons. The van der Waals surface area contributed by atoms with Gasteiger partial charge in [-0.2, -0.15) is 5.10 Å². The first-order valence-electron chi connectivity index (χ1n) is 10.2.